The predicted molar refractivity (Wildman–Crippen MR) is 72.8 cm³/mol. The Labute approximate surface area is 114 Å². The quantitative estimate of drug-likeness (QED) is 0.851. The fourth-order valence-corrected chi connectivity index (χ4v) is 3.00. The van der Waals surface area contributed by atoms with Gasteiger partial charge >= 0.3 is 0 Å². The molecule has 2 aromatic rings. The maximum atomic E-state index is 12.8. The fourth-order valence-electron chi connectivity index (χ4n) is 1.49. The molecule has 4 N–H and O–H groups in total. The third kappa shape index (κ3) is 3.46. The first-order chi connectivity index (χ1) is 8.86. The lowest BCUT2D eigenvalue weighted by molar-refractivity contribution is 0.598. The third-order valence-corrected chi connectivity index (χ3v) is 4.32. The molecule has 19 heavy (non-hydrogen) atoms. The van der Waals surface area contributed by atoms with E-state index >= 15 is 0 Å². The largest absolute Gasteiger partial charge is 0.398 e. The molecule has 0 amide bonds. The first kappa shape index (κ1) is 13.9. The molecule has 0 aliphatic heterocycles. The molecule has 4 nitrogen and oxygen atoms in total. The predicted octanol–water partition coefficient (Wildman–Crippen LogP) is 2.21. The molecule has 0 aromatic heterocycles. The van der Waals surface area contributed by atoms with Crippen LogP contribution in [0.1, 0.15) is 0 Å². The summed E-state index contributed by atoms with van der Waals surface area (Å²) in [5.41, 5.74) is 5.75. The summed E-state index contributed by atoms with van der Waals surface area (Å²) < 4.78 is 35.2. The Bertz CT molecular complexity index is 700. The molecule has 0 atom stereocenters. The molecule has 0 heterocycles. The molecule has 0 fully saturated rings. The zero-order chi connectivity index (χ0) is 14.0. The van der Waals surface area contributed by atoms with Gasteiger partial charge < -0.3 is 5.73 Å². The second kappa shape index (κ2) is 5.20. The topological polar surface area (TPSA) is 86.2 Å². The average Bonchev–Trinajstić information content (AvgIpc) is 2.30. The Morgan fingerprint density at radius 3 is 2.11 bits per heavy atom. The standard InChI is InChI=1S/C12H11FN2O2S2/c13-8-1-3-9(4-2-8)18-10-5-6-12(11(14)7-10)19(15,16)17/h1-7H,14H2,(H2,15,16,17). The van der Waals surface area contributed by atoms with Gasteiger partial charge in [-0.25, -0.2) is 17.9 Å². The molecule has 0 aliphatic rings. The fraction of sp³-hybridized carbons (Fsp3) is 0. The Kier molecular flexibility index (Phi) is 3.79. The molecular weight excluding hydrogens is 287 g/mol. The number of anilines is 1. The van der Waals surface area contributed by atoms with Crippen LogP contribution in [0.25, 0.3) is 0 Å². The minimum Gasteiger partial charge on any atom is -0.398 e. The molecule has 7 heteroatoms. The number of nitrogen functional groups attached to an aromatic ring is 1. The van der Waals surface area contributed by atoms with Crippen molar-refractivity contribution in [3.05, 3.63) is 48.3 Å². The van der Waals surface area contributed by atoms with E-state index in [0.29, 0.717) is 0 Å². The van der Waals surface area contributed by atoms with Crippen LogP contribution in [-0.4, -0.2) is 8.42 Å². The number of benzene rings is 2. The van der Waals surface area contributed by atoms with Crippen molar-refractivity contribution in [3.63, 3.8) is 0 Å². The van der Waals surface area contributed by atoms with Crippen molar-refractivity contribution < 1.29 is 12.8 Å². The molecule has 0 aliphatic carbocycles. The SMILES string of the molecule is Nc1cc(Sc2ccc(F)cc2)ccc1S(N)(=O)=O. The van der Waals surface area contributed by atoms with Gasteiger partial charge in [0.15, 0.2) is 0 Å². The van der Waals surface area contributed by atoms with Crippen LogP contribution in [-0.2, 0) is 10.0 Å². The molecule has 2 aromatic carbocycles. The first-order valence-corrected chi connectivity index (χ1v) is 7.58. The van der Waals surface area contributed by atoms with Crippen molar-refractivity contribution >= 4 is 27.5 Å². The van der Waals surface area contributed by atoms with Gasteiger partial charge in [-0.2, -0.15) is 0 Å². The number of nitrogens with two attached hydrogens (primary N) is 2. The maximum absolute atomic E-state index is 12.8. The van der Waals surface area contributed by atoms with Crippen LogP contribution in [0.15, 0.2) is 57.2 Å². The second-order valence-corrected chi connectivity index (χ2v) is 6.48. The summed E-state index contributed by atoms with van der Waals surface area (Å²) in [6.07, 6.45) is 0. The Morgan fingerprint density at radius 2 is 1.58 bits per heavy atom. The van der Waals surface area contributed by atoms with E-state index in [1.807, 2.05) is 0 Å². The molecule has 0 unspecified atom stereocenters. The van der Waals surface area contributed by atoms with E-state index in [2.05, 4.69) is 0 Å². The Morgan fingerprint density at radius 1 is 1.00 bits per heavy atom. The van der Waals surface area contributed by atoms with E-state index in [4.69, 9.17) is 10.9 Å². The van der Waals surface area contributed by atoms with Crippen molar-refractivity contribution in [2.45, 2.75) is 14.7 Å². The van der Waals surface area contributed by atoms with E-state index in [0.717, 1.165) is 9.79 Å². The number of hydrogen-bond donors (Lipinski definition) is 2. The van der Waals surface area contributed by atoms with Gasteiger partial charge in [0.05, 0.1) is 5.69 Å². The summed E-state index contributed by atoms with van der Waals surface area (Å²) in [6.45, 7) is 0. The van der Waals surface area contributed by atoms with Gasteiger partial charge in [0.1, 0.15) is 10.7 Å². The van der Waals surface area contributed by atoms with Crippen molar-refractivity contribution in [2.75, 3.05) is 5.73 Å². The van der Waals surface area contributed by atoms with E-state index in [1.165, 1.54) is 36.0 Å². The highest BCUT2D eigenvalue weighted by molar-refractivity contribution is 7.99. The lowest BCUT2D eigenvalue weighted by Gasteiger charge is -2.06. The third-order valence-electron chi connectivity index (χ3n) is 2.34. The number of hydrogen-bond acceptors (Lipinski definition) is 4. The minimum absolute atomic E-state index is 0.0922. The zero-order valence-electron chi connectivity index (χ0n) is 9.71. The maximum Gasteiger partial charge on any atom is 0.240 e. The summed E-state index contributed by atoms with van der Waals surface area (Å²) in [5, 5.41) is 5.02. The molecule has 0 radical (unpaired) electrons. The van der Waals surface area contributed by atoms with Crippen LogP contribution in [0.3, 0.4) is 0 Å². The van der Waals surface area contributed by atoms with E-state index in [-0.39, 0.29) is 16.4 Å². The molecule has 0 saturated carbocycles. The summed E-state index contributed by atoms with van der Waals surface area (Å²) in [4.78, 5) is 1.47. The summed E-state index contributed by atoms with van der Waals surface area (Å²) in [7, 11) is -3.81. The van der Waals surface area contributed by atoms with E-state index < -0.39 is 10.0 Å². The normalized spacial score (nSPS) is 11.5. The van der Waals surface area contributed by atoms with Crippen LogP contribution in [0.5, 0.6) is 0 Å². The number of rotatable bonds is 3. The minimum atomic E-state index is -3.81. The molecule has 100 valence electrons. The Hall–Kier alpha value is -1.57. The van der Waals surface area contributed by atoms with Gasteiger partial charge in [0.25, 0.3) is 0 Å². The second-order valence-electron chi connectivity index (χ2n) is 3.80. The summed E-state index contributed by atoms with van der Waals surface area (Å²) in [6, 6.07) is 10.4. The van der Waals surface area contributed by atoms with Crippen LogP contribution in [0.2, 0.25) is 0 Å². The van der Waals surface area contributed by atoms with Crippen molar-refractivity contribution in [2.24, 2.45) is 5.14 Å². The van der Waals surface area contributed by atoms with Crippen molar-refractivity contribution in [1.82, 2.24) is 0 Å². The lowest BCUT2D eigenvalue weighted by atomic mass is 10.3. The zero-order valence-corrected chi connectivity index (χ0v) is 11.3. The molecule has 0 spiro atoms. The lowest BCUT2D eigenvalue weighted by Crippen LogP contribution is -2.14. The van der Waals surface area contributed by atoms with Gasteiger partial charge in [-0.05, 0) is 42.5 Å². The summed E-state index contributed by atoms with van der Waals surface area (Å²) >= 11 is 1.35. The van der Waals surface area contributed by atoms with Gasteiger partial charge in [0, 0.05) is 9.79 Å². The van der Waals surface area contributed by atoms with E-state index in [1.54, 1.807) is 18.2 Å². The molecular formula is C12H11FN2O2S2. The highest BCUT2D eigenvalue weighted by atomic mass is 32.2. The van der Waals surface area contributed by atoms with Gasteiger partial charge in [0.2, 0.25) is 10.0 Å². The number of sulfonamides is 1. The van der Waals surface area contributed by atoms with Crippen molar-refractivity contribution in [1.29, 1.82) is 0 Å². The Balaban J connectivity index is 2.28. The van der Waals surface area contributed by atoms with Crippen molar-refractivity contribution in [3.8, 4) is 0 Å². The van der Waals surface area contributed by atoms with Crippen LogP contribution >= 0.6 is 11.8 Å². The average molecular weight is 298 g/mol. The number of primary sulfonamides is 1. The molecule has 0 bridgehead atoms. The molecule has 2 rings (SSSR count). The first-order valence-electron chi connectivity index (χ1n) is 5.22. The van der Waals surface area contributed by atoms with Crippen LogP contribution in [0.4, 0.5) is 10.1 Å². The number of halogens is 1. The highest BCUT2D eigenvalue weighted by Crippen LogP contribution is 2.31. The summed E-state index contributed by atoms with van der Waals surface area (Å²) in [5.74, 6) is -0.312. The van der Waals surface area contributed by atoms with Gasteiger partial charge in [-0.3, -0.25) is 0 Å². The highest BCUT2D eigenvalue weighted by Gasteiger charge is 2.12. The molecule has 0 saturated heterocycles. The monoisotopic (exact) mass is 298 g/mol. The van der Waals surface area contributed by atoms with Gasteiger partial charge in [-0.1, -0.05) is 11.8 Å². The van der Waals surface area contributed by atoms with Crippen LogP contribution in [0, 0.1) is 5.82 Å². The van der Waals surface area contributed by atoms with Gasteiger partial charge in [-0.15, -0.1) is 0 Å². The van der Waals surface area contributed by atoms with Crippen LogP contribution < -0.4 is 10.9 Å². The van der Waals surface area contributed by atoms with E-state index in [9.17, 15) is 12.8 Å². The smallest absolute Gasteiger partial charge is 0.240 e.